The van der Waals surface area contributed by atoms with Crippen LogP contribution in [0.2, 0.25) is 0 Å². The molecule has 0 unspecified atom stereocenters. The second kappa shape index (κ2) is 4.93. The molecule has 0 saturated carbocycles. The van der Waals surface area contributed by atoms with Gasteiger partial charge >= 0.3 is 0 Å². The van der Waals surface area contributed by atoms with Crippen LogP contribution < -0.4 is 0 Å². The fourth-order valence-corrected chi connectivity index (χ4v) is 4.46. The van der Waals surface area contributed by atoms with Crippen molar-refractivity contribution < 1.29 is 0 Å². The molecule has 0 bridgehead atoms. The molecule has 4 heteroatoms. The van der Waals surface area contributed by atoms with Crippen molar-refractivity contribution in [1.29, 1.82) is 0 Å². The van der Waals surface area contributed by atoms with Gasteiger partial charge in [-0.15, -0.1) is 23.1 Å². The van der Waals surface area contributed by atoms with Gasteiger partial charge < -0.3 is 0 Å². The summed E-state index contributed by atoms with van der Waals surface area (Å²) in [6.07, 6.45) is 9.41. The molecular formula is C16H16N2S2. The summed E-state index contributed by atoms with van der Waals surface area (Å²) in [7, 11) is 0. The topological polar surface area (TPSA) is 17.3 Å². The van der Waals surface area contributed by atoms with E-state index >= 15 is 0 Å². The van der Waals surface area contributed by atoms with Crippen molar-refractivity contribution in [3.63, 3.8) is 0 Å². The molecule has 4 rings (SSSR count). The fraction of sp³-hybridized carbons (Fsp3) is 0.312. The Hall–Kier alpha value is -1.26. The van der Waals surface area contributed by atoms with Crippen LogP contribution in [0.25, 0.3) is 16.2 Å². The zero-order valence-corrected chi connectivity index (χ0v) is 13.1. The third-order valence-electron chi connectivity index (χ3n) is 3.95. The number of hydrogen-bond donors (Lipinski definition) is 0. The fourth-order valence-electron chi connectivity index (χ4n) is 2.87. The number of imidazole rings is 1. The van der Waals surface area contributed by atoms with E-state index in [0.29, 0.717) is 0 Å². The van der Waals surface area contributed by atoms with Gasteiger partial charge in [0.2, 0.25) is 0 Å². The minimum Gasteiger partial charge on any atom is -0.294 e. The van der Waals surface area contributed by atoms with Gasteiger partial charge in [0, 0.05) is 27.2 Å². The van der Waals surface area contributed by atoms with E-state index < -0.39 is 0 Å². The molecule has 0 saturated heterocycles. The minimum absolute atomic E-state index is 1.09. The first-order valence-electron chi connectivity index (χ1n) is 6.99. The molecule has 1 aliphatic carbocycles. The third kappa shape index (κ3) is 1.98. The van der Waals surface area contributed by atoms with E-state index in [1.165, 1.54) is 41.8 Å². The van der Waals surface area contributed by atoms with E-state index in [4.69, 9.17) is 4.98 Å². The molecule has 3 aromatic rings. The van der Waals surface area contributed by atoms with Crippen molar-refractivity contribution in [1.82, 2.24) is 9.38 Å². The molecule has 0 amide bonds. The summed E-state index contributed by atoms with van der Waals surface area (Å²) < 4.78 is 2.32. The lowest BCUT2D eigenvalue weighted by Gasteiger charge is -2.09. The molecule has 1 aliphatic rings. The molecular weight excluding hydrogens is 284 g/mol. The lowest BCUT2D eigenvalue weighted by atomic mass is 10.0. The summed E-state index contributed by atoms with van der Waals surface area (Å²) in [6.45, 7) is 0. The van der Waals surface area contributed by atoms with E-state index in [1.807, 2.05) is 11.3 Å². The molecule has 2 aromatic heterocycles. The summed E-state index contributed by atoms with van der Waals surface area (Å²) in [4.78, 5) is 8.81. The number of fused-ring (bicyclic) bond motifs is 3. The summed E-state index contributed by atoms with van der Waals surface area (Å²) in [6, 6.07) is 8.68. The molecule has 2 nitrogen and oxygen atoms in total. The Labute approximate surface area is 126 Å². The highest BCUT2D eigenvalue weighted by atomic mass is 32.2. The molecule has 1 aromatic carbocycles. The predicted octanol–water partition coefficient (Wildman–Crippen LogP) is 4.66. The first-order chi connectivity index (χ1) is 9.85. The Balaban J connectivity index is 1.78. The quantitative estimate of drug-likeness (QED) is 0.640. The van der Waals surface area contributed by atoms with Crippen molar-refractivity contribution in [3.05, 3.63) is 41.0 Å². The number of rotatable bonds is 2. The first-order valence-corrected chi connectivity index (χ1v) is 9.03. The van der Waals surface area contributed by atoms with Crippen molar-refractivity contribution in [2.45, 2.75) is 30.6 Å². The maximum Gasteiger partial charge on any atom is 0.194 e. The van der Waals surface area contributed by atoms with Crippen LogP contribution >= 0.6 is 23.1 Å². The van der Waals surface area contributed by atoms with Gasteiger partial charge in [-0.25, -0.2) is 4.98 Å². The number of aromatic nitrogens is 2. The largest absolute Gasteiger partial charge is 0.294 e. The molecule has 102 valence electrons. The maximum atomic E-state index is 4.82. The highest BCUT2D eigenvalue weighted by Crippen LogP contribution is 2.32. The molecule has 0 spiro atoms. The lowest BCUT2D eigenvalue weighted by Crippen LogP contribution is -2.01. The van der Waals surface area contributed by atoms with Crippen LogP contribution in [0, 0.1) is 0 Å². The van der Waals surface area contributed by atoms with Gasteiger partial charge in [0.05, 0.1) is 5.69 Å². The normalized spacial score (nSPS) is 14.7. The Kier molecular flexibility index (Phi) is 3.08. The third-order valence-corrected chi connectivity index (χ3v) is 5.85. The Morgan fingerprint density at radius 2 is 1.95 bits per heavy atom. The van der Waals surface area contributed by atoms with E-state index in [0.717, 1.165) is 10.7 Å². The van der Waals surface area contributed by atoms with E-state index in [9.17, 15) is 0 Å². The number of hydrogen-bond acceptors (Lipinski definition) is 3. The molecule has 0 N–H and O–H groups in total. The molecule has 0 fully saturated rings. The molecule has 0 aliphatic heterocycles. The van der Waals surface area contributed by atoms with Crippen LogP contribution in [0.15, 0.2) is 35.4 Å². The molecule has 20 heavy (non-hydrogen) atoms. The van der Waals surface area contributed by atoms with Crippen LogP contribution in [-0.4, -0.2) is 15.6 Å². The van der Waals surface area contributed by atoms with Crippen LogP contribution in [0.5, 0.6) is 0 Å². The van der Waals surface area contributed by atoms with Crippen molar-refractivity contribution >= 4 is 28.1 Å². The number of thioether (sulfide) groups is 1. The van der Waals surface area contributed by atoms with Crippen molar-refractivity contribution in [2.24, 2.45) is 0 Å². The Bertz CT molecular complexity index is 753. The predicted molar refractivity (Wildman–Crippen MR) is 86.9 cm³/mol. The van der Waals surface area contributed by atoms with Gasteiger partial charge in [-0.1, -0.05) is 12.1 Å². The minimum atomic E-state index is 1.09. The van der Waals surface area contributed by atoms with E-state index in [1.54, 1.807) is 16.6 Å². The van der Waals surface area contributed by atoms with Gasteiger partial charge in [-0.2, -0.15) is 0 Å². The number of benzene rings is 1. The highest BCUT2D eigenvalue weighted by molar-refractivity contribution is 7.98. The average Bonchev–Trinajstić information content (AvgIpc) is 3.05. The van der Waals surface area contributed by atoms with Crippen molar-refractivity contribution in [3.8, 4) is 11.3 Å². The molecule has 0 atom stereocenters. The van der Waals surface area contributed by atoms with Crippen LogP contribution in [-0.2, 0) is 12.8 Å². The van der Waals surface area contributed by atoms with E-state index in [2.05, 4.69) is 41.1 Å². The zero-order chi connectivity index (χ0) is 13.5. The van der Waals surface area contributed by atoms with Gasteiger partial charge in [0.25, 0.3) is 0 Å². The van der Waals surface area contributed by atoms with E-state index in [-0.39, 0.29) is 0 Å². The highest BCUT2D eigenvalue weighted by Gasteiger charge is 2.18. The molecule has 0 radical (unpaired) electrons. The van der Waals surface area contributed by atoms with Crippen LogP contribution in [0.1, 0.15) is 23.4 Å². The average molecular weight is 300 g/mol. The van der Waals surface area contributed by atoms with Crippen molar-refractivity contribution in [2.75, 3.05) is 6.26 Å². The summed E-state index contributed by atoms with van der Waals surface area (Å²) in [5.41, 5.74) is 3.80. The maximum absolute atomic E-state index is 4.82. The van der Waals surface area contributed by atoms with Gasteiger partial charge in [-0.3, -0.25) is 4.40 Å². The number of aryl methyl sites for hydroxylation is 2. The second-order valence-corrected chi connectivity index (χ2v) is 7.13. The van der Waals surface area contributed by atoms with Gasteiger partial charge in [-0.05, 0) is 44.1 Å². The van der Waals surface area contributed by atoms with Crippen LogP contribution in [0.3, 0.4) is 0 Å². The smallest absolute Gasteiger partial charge is 0.194 e. The second-order valence-electron chi connectivity index (χ2n) is 5.19. The summed E-state index contributed by atoms with van der Waals surface area (Å²) in [5, 5.41) is 0. The SMILES string of the molecule is CSc1ccc(-c2cn3c4c(sc3n2)CCCC4)cc1. The lowest BCUT2D eigenvalue weighted by molar-refractivity contribution is 0.674. The first kappa shape index (κ1) is 12.5. The van der Waals surface area contributed by atoms with Crippen LogP contribution in [0.4, 0.5) is 0 Å². The zero-order valence-electron chi connectivity index (χ0n) is 11.4. The monoisotopic (exact) mass is 300 g/mol. The van der Waals surface area contributed by atoms with Gasteiger partial charge in [0.15, 0.2) is 4.96 Å². The van der Waals surface area contributed by atoms with Gasteiger partial charge in [0.1, 0.15) is 0 Å². The number of nitrogens with zero attached hydrogens (tertiary/aromatic N) is 2. The summed E-state index contributed by atoms with van der Waals surface area (Å²) in [5.74, 6) is 0. The summed E-state index contributed by atoms with van der Waals surface area (Å²) >= 11 is 3.65. The standard InChI is InChI=1S/C16H16N2S2/c1-19-12-8-6-11(7-9-12)13-10-18-14-4-2-3-5-15(14)20-16(18)17-13/h6-10H,2-5H2,1H3. The number of thiazole rings is 1. The Morgan fingerprint density at radius 3 is 2.75 bits per heavy atom. The molecule has 2 heterocycles. The Morgan fingerprint density at radius 1 is 1.15 bits per heavy atom.